The molecule has 9 aromatic carbocycles. The molecule has 0 radical (unpaired) electrons. The second-order valence-corrected chi connectivity index (χ2v) is 13.5. The van der Waals surface area contributed by atoms with Gasteiger partial charge in [0.1, 0.15) is 0 Å². The van der Waals surface area contributed by atoms with E-state index in [1.807, 2.05) is 42.5 Å². The highest BCUT2D eigenvalue weighted by Gasteiger charge is 2.19. The van der Waals surface area contributed by atoms with E-state index in [4.69, 9.17) is 6.57 Å². The highest BCUT2D eigenvalue weighted by atomic mass is 14.6. The summed E-state index contributed by atoms with van der Waals surface area (Å²) in [5.41, 5.74) is 14.7. The molecule has 0 atom stereocenters. The smallest absolute Gasteiger partial charge is 0.187 e. The van der Waals surface area contributed by atoms with Crippen LogP contribution in [0.1, 0.15) is 5.56 Å². The molecule has 0 amide bonds. The van der Waals surface area contributed by atoms with Gasteiger partial charge in [0.2, 0.25) is 0 Å². The van der Waals surface area contributed by atoms with Crippen molar-refractivity contribution >= 4 is 27.2 Å². The van der Waals surface area contributed by atoms with Gasteiger partial charge in [0.15, 0.2) is 5.69 Å². The standard InChI is InChI=1S/C52H32N2/c1-54-46-25-21-38(22-26-46)42-23-27-47-49(32-42)51(44-19-9-17-40(30-44)36-12-4-2-5-13-36)48-28-24-43(39-16-8-11-35(29-39)34-53)33-50(48)52(47)45-20-10-18-41(31-45)37-14-6-3-7-15-37/h2-33H. The number of benzene rings is 9. The highest BCUT2D eigenvalue weighted by Crippen LogP contribution is 2.47. The van der Waals surface area contributed by atoms with Crippen molar-refractivity contribution in [3.05, 3.63) is 211 Å². The van der Waals surface area contributed by atoms with Gasteiger partial charge in [-0.2, -0.15) is 5.26 Å². The summed E-state index contributed by atoms with van der Waals surface area (Å²) in [7, 11) is 0. The van der Waals surface area contributed by atoms with Gasteiger partial charge < -0.3 is 0 Å². The van der Waals surface area contributed by atoms with Crippen molar-refractivity contribution in [1.29, 1.82) is 5.26 Å². The Morgan fingerprint density at radius 2 is 0.722 bits per heavy atom. The normalized spacial score (nSPS) is 10.9. The van der Waals surface area contributed by atoms with Crippen LogP contribution in [0.2, 0.25) is 0 Å². The molecule has 0 spiro atoms. The number of rotatable bonds is 6. The zero-order valence-corrected chi connectivity index (χ0v) is 29.4. The topological polar surface area (TPSA) is 28.1 Å². The zero-order chi connectivity index (χ0) is 36.4. The fraction of sp³-hybridized carbons (Fsp3) is 0. The van der Waals surface area contributed by atoms with Gasteiger partial charge in [-0.1, -0.05) is 158 Å². The van der Waals surface area contributed by atoms with Crippen LogP contribution in [0.25, 0.3) is 93.2 Å². The summed E-state index contributed by atoms with van der Waals surface area (Å²) in [6.45, 7) is 7.48. The summed E-state index contributed by atoms with van der Waals surface area (Å²) < 4.78 is 0. The molecule has 0 heterocycles. The molecule has 0 aliphatic rings. The molecule has 9 rings (SSSR count). The molecule has 0 bridgehead atoms. The Bertz CT molecular complexity index is 2930. The van der Waals surface area contributed by atoms with E-state index in [0.717, 1.165) is 77.2 Å². The van der Waals surface area contributed by atoms with Gasteiger partial charge in [-0.3, -0.25) is 0 Å². The van der Waals surface area contributed by atoms with Crippen molar-refractivity contribution in [3.8, 4) is 72.8 Å². The summed E-state index contributed by atoms with van der Waals surface area (Å²) in [5, 5.41) is 14.3. The predicted molar refractivity (Wildman–Crippen MR) is 225 cm³/mol. The number of nitriles is 1. The molecule has 250 valence electrons. The van der Waals surface area contributed by atoms with Crippen LogP contribution in [0.3, 0.4) is 0 Å². The number of hydrogen-bond donors (Lipinski definition) is 0. The lowest BCUT2D eigenvalue weighted by Gasteiger charge is -2.20. The van der Waals surface area contributed by atoms with Crippen LogP contribution < -0.4 is 0 Å². The third kappa shape index (κ3) is 5.99. The fourth-order valence-corrected chi connectivity index (χ4v) is 7.68. The lowest BCUT2D eigenvalue weighted by atomic mass is 9.83. The maximum absolute atomic E-state index is 9.75. The molecule has 0 N–H and O–H groups in total. The molecule has 0 aliphatic heterocycles. The summed E-state index contributed by atoms with van der Waals surface area (Å²) in [6.07, 6.45) is 0. The second-order valence-electron chi connectivity index (χ2n) is 13.5. The minimum atomic E-state index is 0.626. The summed E-state index contributed by atoms with van der Waals surface area (Å²) in [6, 6.07) is 70.3. The van der Waals surface area contributed by atoms with Gasteiger partial charge in [-0.25, -0.2) is 4.85 Å². The van der Waals surface area contributed by atoms with E-state index in [0.29, 0.717) is 11.3 Å². The van der Waals surface area contributed by atoms with E-state index in [1.54, 1.807) is 0 Å². The molecule has 0 saturated carbocycles. The lowest BCUT2D eigenvalue weighted by molar-refractivity contribution is 1.48. The van der Waals surface area contributed by atoms with Crippen molar-refractivity contribution in [2.45, 2.75) is 0 Å². The Morgan fingerprint density at radius 3 is 1.22 bits per heavy atom. The minimum Gasteiger partial charge on any atom is -0.238 e. The molecule has 9 aromatic rings. The molecular weight excluding hydrogens is 653 g/mol. The highest BCUT2D eigenvalue weighted by molar-refractivity contribution is 6.22. The average Bonchev–Trinajstić information content (AvgIpc) is 3.26. The van der Waals surface area contributed by atoms with Crippen molar-refractivity contribution in [1.82, 2.24) is 0 Å². The van der Waals surface area contributed by atoms with Gasteiger partial charge in [-0.05, 0) is 125 Å². The molecule has 0 fully saturated rings. The molecule has 0 unspecified atom stereocenters. The first-order chi connectivity index (χ1) is 26.7. The van der Waals surface area contributed by atoms with Crippen molar-refractivity contribution in [2.24, 2.45) is 0 Å². The summed E-state index contributed by atoms with van der Waals surface area (Å²) >= 11 is 0. The van der Waals surface area contributed by atoms with E-state index in [9.17, 15) is 5.26 Å². The molecule has 2 nitrogen and oxygen atoms in total. The van der Waals surface area contributed by atoms with Crippen LogP contribution in [0.5, 0.6) is 0 Å². The first-order valence-electron chi connectivity index (χ1n) is 18.0. The number of fused-ring (bicyclic) bond motifs is 2. The van der Waals surface area contributed by atoms with Crippen LogP contribution in [0.15, 0.2) is 194 Å². The second kappa shape index (κ2) is 13.9. The maximum atomic E-state index is 9.75. The third-order valence-corrected chi connectivity index (χ3v) is 10.3. The fourth-order valence-electron chi connectivity index (χ4n) is 7.68. The average molecular weight is 685 g/mol. The maximum Gasteiger partial charge on any atom is 0.187 e. The van der Waals surface area contributed by atoms with E-state index < -0.39 is 0 Å². The van der Waals surface area contributed by atoms with Gasteiger partial charge in [-0.15, -0.1) is 0 Å². The van der Waals surface area contributed by atoms with Crippen molar-refractivity contribution < 1.29 is 0 Å². The van der Waals surface area contributed by atoms with E-state index in [-0.39, 0.29) is 0 Å². The number of hydrogen-bond acceptors (Lipinski definition) is 1. The van der Waals surface area contributed by atoms with Gasteiger partial charge in [0, 0.05) is 0 Å². The lowest BCUT2D eigenvalue weighted by Crippen LogP contribution is -1.93. The van der Waals surface area contributed by atoms with Gasteiger partial charge in [0.25, 0.3) is 0 Å². The Morgan fingerprint density at radius 1 is 0.333 bits per heavy atom. The molecular formula is C52H32N2. The molecule has 0 aromatic heterocycles. The molecule has 0 aliphatic carbocycles. The Kier molecular flexibility index (Phi) is 8.33. The molecule has 2 heteroatoms. The van der Waals surface area contributed by atoms with E-state index in [1.165, 1.54) is 11.1 Å². The predicted octanol–water partition coefficient (Wildman–Crippen LogP) is 14.4. The largest absolute Gasteiger partial charge is 0.238 e. The Balaban J connectivity index is 1.39. The molecule has 54 heavy (non-hydrogen) atoms. The first kappa shape index (κ1) is 32.4. The Labute approximate surface area is 315 Å². The molecule has 0 saturated heterocycles. The SMILES string of the molecule is [C-]#[N+]c1ccc(-c2ccc3c(-c4cccc(-c5ccccc5)c4)c4cc(-c5cccc(C#N)c5)ccc4c(-c4cccc(-c5ccccc5)c4)c3c2)cc1. The minimum absolute atomic E-state index is 0.626. The summed E-state index contributed by atoms with van der Waals surface area (Å²) in [4.78, 5) is 3.62. The quantitative estimate of drug-likeness (QED) is 0.127. The number of nitrogens with zero attached hydrogens (tertiary/aromatic N) is 2. The van der Waals surface area contributed by atoms with Crippen LogP contribution in [-0.4, -0.2) is 0 Å². The summed E-state index contributed by atoms with van der Waals surface area (Å²) in [5.74, 6) is 0. The van der Waals surface area contributed by atoms with E-state index >= 15 is 0 Å². The third-order valence-electron chi connectivity index (χ3n) is 10.3. The van der Waals surface area contributed by atoms with Gasteiger partial charge in [0.05, 0.1) is 18.2 Å². The van der Waals surface area contributed by atoms with Crippen LogP contribution in [0, 0.1) is 17.9 Å². The van der Waals surface area contributed by atoms with Crippen molar-refractivity contribution in [2.75, 3.05) is 0 Å². The van der Waals surface area contributed by atoms with E-state index in [2.05, 4.69) is 163 Å². The van der Waals surface area contributed by atoms with Crippen LogP contribution >= 0.6 is 0 Å². The Hall–Kier alpha value is -7.52. The van der Waals surface area contributed by atoms with Crippen LogP contribution in [-0.2, 0) is 0 Å². The van der Waals surface area contributed by atoms with Crippen LogP contribution in [0.4, 0.5) is 5.69 Å². The van der Waals surface area contributed by atoms with Gasteiger partial charge >= 0.3 is 0 Å². The monoisotopic (exact) mass is 684 g/mol. The first-order valence-corrected chi connectivity index (χ1v) is 18.0. The zero-order valence-electron chi connectivity index (χ0n) is 29.4. The van der Waals surface area contributed by atoms with Crippen molar-refractivity contribution in [3.63, 3.8) is 0 Å².